The Morgan fingerprint density at radius 2 is 2.27 bits per heavy atom. The second-order valence-electron chi connectivity index (χ2n) is 2.14. The minimum Gasteiger partial charge on any atom is -0.398 e. The van der Waals surface area contributed by atoms with E-state index in [-0.39, 0.29) is 5.75 Å². The van der Waals surface area contributed by atoms with E-state index in [4.69, 9.17) is 5.73 Å². The zero-order valence-corrected chi connectivity index (χ0v) is 6.67. The standard InChI is InChI=1S/C7H8NO2S/c8-7-3-1-2-6(4-7)5-11(9)10/h1-2,4,11H,5,8H2. The van der Waals surface area contributed by atoms with Gasteiger partial charge in [0.05, 0.1) is 5.75 Å². The fourth-order valence-corrected chi connectivity index (χ4v) is 1.28. The first-order valence-corrected chi connectivity index (χ1v) is 4.42. The number of hydrogen-bond donors (Lipinski definition) is 2. The van der Waals surface area contributed by atoms with Crippen LogP contribution in [-0.2, 0) is 16.5 Å². The van der Waals surface area contributed by atoms with E-state index in [9.17, 15) is 8.42 Å². The van der Waals surface area contributed by atoms with Crippen LogP contribution in [0.3, 0.4) is 0 Å². The van der Waals surface area contributed by atoms with Gasteiger partial charge in [-0.3, -0.25) is 0 Å². The van der Waals surface area contributed by atoms with Crippen LogP contribution in [-0.4, -0.2) is 8.42 Å². The van der Waals surface area contributed by atoms with Crippen molar-refractivity contribution in [2.75, 3.05) is 5.73 Å². The first-order chi connectivity index (χ1) is 5.18. The maximum Gasteiger partial charge on any atom is 0.144 e. The smallest absolute Gasteiger partial charge is 0.144 e. The van der Waals surface area contributed by atoms with Crippen molar-refractivity contribution >= 4 is 16.4 Å². The van der Waals surface area contributed by atoms with Crippen molar-refractivity contribution < 1.29 is 8.42 Å². The van der Waals surface area contributed by atoms with Gasteiger partial charge in [-0.15, -0.1) is 0 Å². The van der Waals surface area contributed by atoms with Gasteiger partial charge >= 0.3 is 0 Å². The van der Waals surface area contributed by atoms with Gasteiger partial charge in [0.15, 0.2) is 0 Å². The molecular weight excluding hydrogens is 162 g/mol. The number of thiol groups is 1. The normalized spacial score (nSPS) is 10.3. The molecule has 0 bridgehead atoms. The average molecular weight is 170 g/mol. The topological polar surface area (TPSA) is 60.2 Å². The van der Waals surface area contributed by atoms with E-state index in [1.54, 1.807) is 18.2 Å². The molecule has 1 rings (SSSR count). The Labute approximate surface area is 66.8 Å². The molecular formula is C7H8NO2S. The largest absolute Gasteiger partial charge is 0.398 e. The first kappa shape index (κ1) is 8.07. The summed E-state index contributed by atoms with van der Waals surface area (Å²) in [7, 11) is -2.36. The summed E-state index contributed by atoms with van der Waals surface area (Å²) in [6.07, 6.45) is 0. The average Bonchev–Trinajstić information content (AvgIpc) is 1.85. The Morgan fingerprint density at radius 1 is 1.55 bits per heavy atom. The monoisotopic (exact) mass is 170 g/mol. The number of nitrogen functional groups attached to an aromatic ring is 1. The maximum absolute atomic E-state index is 10.3. The molecule has 0 aliphatic rings. The summed E-state index contributed by atoms with van der Waals surface area (Å²) in [5.74, 6) is 0.0498. The molecule has 4 heteroatoms. The fourth-order valence-electron chi connectivity index (χ4n) is 0.782. The summed E-state index contributed by atoms with van der Waals surface area (Å²) < 4.78 is 20.5. The van der Waals surface area contributed by atoms with E-state index >= 15 is 0 Å². The van der Waals surface area contributed by atoms with Gasteiger partial charge in [-0.05, 0) is 11.6 Å². The van der Waals surface area contributed by atoms with Crippen LogP contribution in [0.5, 0.6) is 0 Å². The molecule has 0 fully saturated rings. The molecule has 0 saturated carbocycles. The summed E-state index contributed by atoms with van der Waals surface area (Å²) in [6, 6.07) is 7.62. The first-order valence-electron chi connectivity index (χ1n) is 3.06. The molecule has 0 heterocycles. The molecule has 1 aromatic rings. The predicted octanol–water partition coefficient (Wildman–Crippen LogP) is 0.180. The number of rotatable bonds is 2. The summed E-state index contributed by atoms with van der Waals surface area (Å²) in [5.41, 5.74) is 6.56. The Bertz CT molecular complexity index is 312. The molecule has 11 heavy (non-hydrogen) atoms. The molecule has 0 amide bonds. The number of benzene rings is 1. The molecule has 0 aliphatic heterocycles. The van der Waals surface area contributed by atoms with Crippen molar-refractivity contribution in [3.63, 3.8) is 0 Å². The molecule has 0 saturated heterocycles. The fraction of sp³-hybridized carbons (Fsp3) is 0.143. The third-order valence-electron chi connectivity index (χ3n) is 1.20. The van der Waals surface area contributed by atoms with Crippen LogP contribution >= 0.6 is 0 Å². The number of nitrogens with two attached hydrogens (primary N) is 1. The third-order valence-corrected chi connectivity index (χ3v) is 1.82. The minimum atomic E-state index is -2.36. The quantitative estimate of drug-likeness (QED) is 0.491. The van der Waals surface area contributed by atoms with Crippen molar-refractivity contribution in [3.8, 4) is 0 Å². The van der Waals surface area contributed by atoms with Crippen LogP contribution in [0, 0.1) is 6.07 Å². The highest BCUT2D eigenvalue weighted by Crippen LogP contribution is 2.05. The Morgan fingerprint density at radius 3 is 2.82 bits per heavy atom. The summed E-state index contributed by atoms with van der Waals surface area (Å²) in [4.78, 5) is 0. The minimum absolute atomic E-state index is 0.0498. The van der Waals surface area contributed by atoms with Crippen molar-refractivity contribution in [1.82, 2.24) is 0 Å². The van der Waals surface area contributed by atoms with Crippen LogP contribution in [0.25, 0.3) is 0 Å². The van der Waals surface area contributed by atoms with Crippen molar-refractivity contribution in [3.05, 3.63) is 29.8 Å². The van der Waals surface area contributed by atoms with Gasteiger partial charge in [0.2, 0.25) is 0 Å². The number of anilines is 1. The zero-order chi connectivity index (χ0) is 8.27. The molecule has 3 nitrogen and oxygen atoms in total. The van der Waals surface area contributed by atoms with E-state index in [1.165, 1.54) is 0 Å². The summed E-state index contributed by atoms with van der Waals surface area (Å²) in [6.45, 7) is 0. The van der Waals surface area contributed by atoms with Crippen LogP contribution in [0.2, 0.25) is 0 Å². The molecule has 1 aromatic carbocycles. The highest BCUT2D eigenvalue weighted by molar-refractivity contribution is 7.71. The second kappa shape index (κ2) is 3.39. The van der Waals surface area contributed by atoms with Gasteiger partial charge in [0.1, 0.15) is 10.7 Å². The van der Waals surface area contributed by atoms with Crippen molar-refractivity contribution in [1.29, 1.82) is 0 Å². The van der Waals surface area contributed by atoms with Gasteiger partial charge in [0, 0.05) is 11.8 Å². The highest BCUT2D eigenvalue weighted by Gasteiger charge is 1.93. The lowest BCUT2D eigenvalue weighted by Gasteiger charge is -1.94. The zero-order valence-electron chi connectivity index (χ0n) is 5.78. The van der Waals surface area contributed by atoms with E-state index in [1.807, 2.05) is 0 Å². The van der Waals surface area contributed by atoms with E-state index < -0.39 is 10.7 Å². The lowest BCUT2D eigenvalue weighted by Crippen LogP contribution is -1.89. The SMILES string of the molecule is Nc1[c]ccc(C[SH](=O)=O)c1. The van der Waals surface area contributed by atoms with Gasteiger partial charge in [-0.25, -0.2) is 8.42 Å². The Hall–Kier alpha value is -1.03. The van der Waals surface area contributed by atoms with E-state index in [0.29, 0.717) is 11.3 Å². The van der Waals surface area contributed by atoms with Gasteiger partial charge < -0.3 is 5.73 Å². The van der Waals surface area contributed by atoms with E-state index in [0.717, 1.165) is 0 Å². The van der Waals surface area contributed by atoms with Crippen LogP contribution in [0.4, 0.5) is 5.69 Å². The lowest BCUT2D eigenvalue weighted by molar-refractivity contribution is 0.614. The number of hydrogen-bond acceptors (Lipinski definition) is 3. The third kappa shape index (κ3) is 2.59. The van der Waals surface area contributed by atoms with Crippen LogP contribution < -0.4 is 5.73 Å². The second-order valence-corrected chi connectivity index (χ2v) is 3.12. The molecule has 0 aliphatic carbocycles. The molecule has 0 unspecified atom stereocenters. The van der Waals surface area contributed by atoms with Gasteiger partial charge in [-0.2, -0.15) is 0 Å². The van der Waals surface area contributed by atoms with Crippen molar-refractivity contribution in [2.45, 2.75) is 5.75 Å². The van der Waals surface area contributed by atoms with Gasteiger partial charge in [0.25, 0.3) is 0 Å². The summed E-state index contributed by atoms with van der Waals surface area (Å²) >= 11 is 0. The molecule has 1 radical (unpaired) electrons. The van der Waals surface area contributed by atoms with Crippen molar-refractivity contribution in [2.24, 2.45) is 0 Å². The van der Waals surface area contributed by atoms with Gasteiger partial charge in [-0.1, -0.05) is 12.1 Å². The van der Waals surface area contributed by atoms with Crippen LogP contribution in [0.15, 0.2) is 18.2 Å². The lowest BCUT2D eigenvalue weighted by atomic mass is 10.2. The van der Waals surface area contributed by atoms with Crippen LogP contribution in [0.1, 0.15) is 5.56 Å². The maximum atomic E-state index is 10.3. The molecule has 0 spiro atoms. The Kier molecular flexibility index (Phi) is 2.48. The Balaban J connectivity index is 2.87. The highest BCUT2D eigenvalue weighted by atomic mass is 32.2. The van der Waals surface area contributed by atoms with E-state index in [2.05, 4.69) is 6.07 Å². The summed E-state index contributed by atoms with van der Waals surface area (Å²) in [5, 5.41) is 0. The molecule has 0 aromatic heterocycles. The molecule has 59 valence electrons. The predicted molar refractivity (Wildman–Crippen MR) is 43.7 cm³/mol. The molecule has 0 atom stereocenters. The molecule has 2 N–H and O–H groups in total.